The first-order valence-electron chi connectivity index (χ1n) is 10.8. The lowest BCUT2D eigenvalue weighted by Crippen LogP contribution is -2.09. The number of amides is 1. The Balaban J connectivity index is 0.000000797. The Bertz CT molecular complexity index is 457. The van der Waals surface area contributed by atoms with Crippen molar-refractivity contribution < 1.29 is 9.90 Å². The lowest BCUT2D eigenvalue weighted by atomic mass is 10.1. The predicted octanol–water partition coefficient (Wildman–Crippen LogP) is 6.90. The molecule has 0 aliphatic heterocycles. The van der Waals surface area contributed by atoms with Crippen LogP contribution in [0.15, 0.2) is 42.5 Å². The van der Waals surface area contributed by atoms with Gasteiger partial charge in [-0.1, -0.05) is 88.6 Å². The highest BCUT2D eigenvalue weighted by molar-refractivity contribution is 5.73. The average Bonchev–Trinajstić information content (AvgIpc) is 2.66. The van der Waals surface area contributed by atoms with Crippen LogP contribution in [-0.4, -0.2) is 11.0 Å². The molecule has 0 atom stereocenters. The Kier molecular flexibility index (Phi) is 19.2. The van der Waals surface area contributed by atoms with Crippen molar-refractivity contribution in [1.82, 2.24) is 0 Å². The smallest absolute Gasteiger partial charge is 0.217 e. The Hall–Kier alpha value is -1.77. The molecule has 27 heavy (non-hydrogen) atoms. The zero-order chi connectivity index (χ0) is 20.0. The van der Waals surface area contributed by atoms with E-state index in [0.717, 1.165) is 12.8 Å². The monoisotopic (exact) mass is 375 g/mol. The fourth-order valence-corrected chi connectivity index (χ4v) is 2.80. The SMILES string of the molecule is CCCCCCCCC=CCCCCCCCC(N)=O.Oc1ccccc1. The van der Waals surface area contributed by atoms with E-state index in [2.05, 4.69) is 19.1 Å². The summed E-state index contributed by atoms with van der Waals surface area (Å²) in [6, 6.07) is 8.71. The van der Waals surface area contributed by atoms with E-state index in [4.69, 9.17) is 10.8 Å². The Morgan fingerprint density at radius 2 is 1.30 bits per heavy atom. The van der Waals surface area contributed by atoms with Crippen LogP contribution in [0.3, 0.4) is 0 Å². The third-order valence-electron chi connectivity index (χ3n) is 4.44. The fraction of sp³-hybridized carbons (Fsp3) is 0.625. The van der Waals surface area contributed by atoms with Crippen LogP contribution < -0.4 is 5.73 Å². The largest absolute Gasteiger partial charge is 0.508 e. The quantitative estimate of drug-likeness (QED) is 0.258. The van der Waals surface area contributed by atoms with Crippen LogP contribution in [0, 0.1) is 0 Å². The lowest BCUT2D eigenvalue weighted by molar-refractivity contribution is -0.118. The number of carbonyl (C=O) groups excluding carboxylic acids is 1. The van der Waals surface area contributed by atoms with Crippen molar-refractivity contribution >= 4 is 5.91 Å². The average molecular weight is 376 g/mol. The van der Waals surface area contributed by atoms with Gasteiger partial charge in [0, 0.05) is 6.42 Å². The first-order chi connectivity index (χ1) is 13.2. The summed E-state index contributed by atoms with van der Waals surface area (Å²) in [6.07, 6.45) is 21.9. The number of phenols is 1. The number of allylic oxidation sites excluding steroid dienone is 2. The Labute approximate surface area is 167 Å². The van der Waals surface area contributed by atoms with Gasteiger partial charge in [-0.3, -0.25) is 4.79 Å². The maximum atomic E-state index is 10.5. The minimum absolute atomic E-state index is 0.164. The second kappa shape index (κ2) is 20.5. The second-order valence-electron chi connectivity index (χ2n) is 7.14. The molecule has 0 heterocycles. The van der Waals surface area contributed by atoms with Crippen LogP contribution in [0.5, 0.6) is 5.75 Å². The van der Waals surface area contributed by atoms with Crippen molar-refractivity contribution in [3.8, 4) is 5.75 Å². The molecule has 0 unspecified atom stereocenters. The molecule has 3 heteroatoms. The summed E-state index contributed by atoms with van der Waals surface area (Å²) < 4.78 is 0. The summed E-state index contributed by atoms with van der Waals surface area (Å²) in [5, 5.41) is 8.63. The molecule has 0 aliphatic carbocycles. The molecule has 1 amide bonds. The number of para-hydroxylation sites is 1. The van der Waals surface area contributed by atoms with Gasteiger partial charge in [0.05, 0.1) is 0 Å². The van der Waals surface area contributed by atoms with Crippen LogP contribution in [0.1, 0.15) is 96.8 Å². The molecule has 0 aromatic heterocycles. The molecule has 0 saturated heterocycles. The van der Waals surface area contributed by atoms with Crippen molar-refractivity contribution in [2.24, 2.45) is 5.73 Å². The highest BCUT2D eigenvalue weighted by Gasteiger charge is 1.94. The summed E-state index contributed by atoms with van der Waals surface area (Å²) in [7, 11) is 0. The van der Waals surface area contributed by atoms with Gasteiger partial charge in [0.25, 0.3) is 0 Å². The molecule has 3 nitrogen and oxygen atoms in total. The van der Waals surface area contributed by atoms with Crippen LogP contribution in [0.25, 0.3) is 0 Å². The normalized spacial score (nSPS) is 10.6. The van der Waals surface area contributed by atoms with Crippen molar-refractivity contribution in [3.63, 3.8) is 0 Å². The van der Waals surface area contributed by atoms with Crippen LogP contribution in [-0.2, 0) is 4.79 Å². The van der Waals surface area contributed by atoms with E-state index in [1.165, 1.54) is 70.6 Å². The van der Waals surface area contributed by atoms with E-state index in [0.29, 0.717) is 12.2 Å². The summed E-state index contributed by atoms with van der Waals surface area (Å²) in [5.41, 5.74) is 5.10. The van der Waals surface area contributed by atoms with E-state index >= 15 is 0 Å². The van der Waals surface area contributed by atoms with Crippen molar-refractivity contribution in [3.05, 3.63) is 42.5 Å². The summed E-state index contributed by atoms with van der Waals surface area (Å²) in [5.74, 6) is 0.158. The summed E-state index contributed by atoms with van der Waals surface area (Å²) >= 11 is 0. The highest BCUT2D eigenvalue weighted by Crippen LogP contribution is 2.09. The van der Waals surface area contributed by atoms with E-state index < -0.39 is 0 Å². The number of benzene rings is 1. The topological polar surface area (TPSA) is 63.3 Å². The third-order valence-corrected chi connectivity index (χ3v) is 4.44. The van der Waals surface area contributed by atoms with E-state index in [9.17, 15) is 4.79 Å². The van der Waals surface area contributed by atoms with Gasteiger partial charge >= 0.3 is 0 Å². The standard InChI is InChI=1S/C18H35NO.C6H6O/c1-2-3-4-5-6-7-8-9-10-11-12-13-14-15-16-17-18(19)20;7-6-4-2-1-3-5-6/h9-10H,2-8,11-17H2,1H3,(H2,19,20);1-5,7H. The molecule has 3 N–H and O–H groups in total. The van der Waals surface area contributed by atoms with Gasteiger partial charge < -0.3 is 10.8 Å². The van der Waals surface area contributed by atoms with Crippen molar-refractivity contribution in [2.45, 2.75) is 96.8 Å². The minimum Gasteiger partial charge on any atom is -0.508 e. The number of primary amides is 1. The number of rotatable bonds is 15. The van der Waals surface area contributed by atoms with E-state index in [1.807, 2.05) is 6.07 Å². The number of aromatic hydroxyl groups is 1. The van der Waals surface area contributed by atoms with Gasteiger partial charge in [-0.25, -0.2) is 0 Å². The van der Waals surface area contributed by atoms with Crippen LogP contribution >= 0.6 is 0 Å². The third kappa shape index (κ3) is 22.2. The van der Waals surface area contributed by atoms with E-state index in [1.54, 1.807) is 24.3 Å². The molecule has 1 rings (SSSR count). The maximum Gasteiger partial charge on any atom is 0.217 e. The van der Waals surface area contributed by atoms with Gasteiger partial charge in [0.2, 0.25) is 5.91 Å². The molecule has 0 saturated carbocycles. The number of hydrogen-bond acceptors (Lipinski definition) is 2. The molecular weight excluding hydrogens is 334 g/mol. The number of carbonyl (C=O) groups is 1. The zero-order valence-electron chi connectivity index (χ0n) is 17.4. The zero-order valence-corrected chi connectivity index (χ0v) is 17.4. The van der Waals surface area contributed by atoms with Crippen LogP contribution in [0.4, 0.5) is 0 Å². The minimum atomic E-state index is -0.164. The van der Waals surface area contributed by atoms with E-state index in [-0.39, 0.29) is 5.91 Å². The summed E-state index contributed by atoms with van der Waals surface area (Å²) in [4.78, 5) is 10.5. The number of unbranched alkanes of at least 4 members (excludes halogenated alkanes) is 11. The number of nitrogens with two attached hydrogens (primary N) is 1. The van der Waals surface area contributed by atoms with Crippen molar-refractivity contribution in [1.29, 1.82) is 0 Å². The molecule has 0 fully saturated rings. The lowest BCUT2D eigenvalue weighted by Gasteiger charge is -1.99. The highest BCUT2D eigenvalue weighted by atomic mass is 16.3. The molecule has 0 bridgehead atoms. The predicted molar refractivity (Wildman–Crippen MR) is 117 cm³/mol. The molecule has 0 aliphatic rings. The Morgan fingerprint density at radius 1 is 0.815 bits per heavy atom. The summed E-state index contributed by atoms with van der Waals surface area (Å²) in [6.45, 7) is 2.26. The van der Waals surface area contributed by atoms with Crippen molar-refractivity contribution in [2.75, 3.05) is 0 Å². The molecule has 0 spiro atoms. The van der Waals surface area contributed by atoms with Crippen LogP contribution in [0.2, 0.25) is 0 Å². The van der Waals surface area contributed by atoms with Gasteiger partial charge in [0.15, 0.2) is 0 Å². The molecule has 0 radical (unpaired) electrons. The van der Waals surface area contributed by atoms with Gasteiger partial charge in [-0.2, -0.15) is 0 Å². The fourth-order valence-electron chi connectivity index (χ4n) is 2.80. The first kappa shape index (κ1) is 25.2. The first-order valence-corrected chi connectivity index (χ1v) is 10.8. The molecule has 1 aromatic carbocycles. The second-order valence-corrected chi connectivity index (χ2v) is 7.14. The van der Waals surface area contributed by atoms with Gasteiger partial charge in [-0.15, -0.1) is 0 Å². The Morgan fingerprint density at radius 3 is 1.74 bits per heavy atom. The number of phenolic OH excluding ortho intramolecular Hbond substituents is 1. The van der Waals surface area contributed by atoms with Gasteiger partial charge in [-0.05, 0) is 44.2 Å². The maximum absolute atomic E-state index is 10.5. The number of hydrogen-bond donors (Lipinski definition) is 2. The molecule has 154 valence electrons. The molecule has 1 aromatic rings. The molecular formula is C24H41NO2. The van der Waals surface area contributed by atoms with Gasteiger partial charge in [0.1, 0.15) is 5.75 Å².